The molecule has 0 unspecified atom stereocenters. The van der Waals surface area contributed by atoms with Crippen molar-refractivity contribution in [1.29, 1.82) is 0 Å². The Labute approximate surface area is 141 Å². The van der Waals surface area contributed by atoms with Crippen LogP contribution in [0.25, 0.3) is 6.08 Å². The largest absolute Gasteiger partial charge is 0.472 e. The van der Waals surface area contributed by atoms with Gasteiger partial charge in [-0.15, -0.1) is 11.3 Å². The summed E-state index contributed by atoms with van der Waals surface area (Å²) < 4.78 is 5.08. The van der Waals surface area contributed by atoms with Crippen molar-refractivity contribution >= 4 is 34.7 Å². The summed E-state index contributed by atoms with van der Waals surface area (Å²) in [6.07, 6.45) is 6.21. The van der Waals surface area contributed by atoms with Gasteiger partial charge in [0.2, 0.25) is 5.91 Å². The predicted molar refractivity (Wildman–Crippen MR) is 92.4 cm³/mol. The fourth-order valence-electron chi connectivity index (χ4n) is 2.16. The second kappa shape index (κ2) is 6.95. The summed E-state index contributed by atoms with van der Waals surface area (Å²) in [6.45, 7) is 0.0693. The van der Waals surface area contributed by atoms with Crippen molar-refractivity contribution in [1.82, 2.24) is 5.32 Å². The third-order valence-electron chi connectivity index (χ3n) is 3.42. The zero-order valence-electron chi connectivity index (χ0n) is 12.1. The first kappa shape index (κ1) is 15.7. The first-order valence-electron chi connectivity index (χ1n) is 6.95. The molecule has 1 atom stereocenters. The molecule has 0 saturated carbocycles. The molecule has 0 radical (unpaired) electrons. The van der Waals surface area contributed by atoms with E-state index in [2.05, 4.69) is 5.32 Å². The van der Waals surface area contributed by atoms with Crippen LogP contribution in [0, 0.1) is 0 Å². The van der Waals surface area contributed by atoms with Gasteiger partial charge >= 0.3 is 0 Å². The molecule has 4 nitrogen and oxygen atoms in total. The third-order valence-corrected chi connectivity index (χ3v) is 5.14. The quantitative estimate of drug-likeness (QED) is 0.673. The highest BCUT2D eigenvalue weighted by molar-refractivity contribution is 7.10. The first-order chi connectivity index (χ1) is 11.2. The van der Waals surface area contributed by atoms with Gasteiger partial charge in [0.1, 0.15) is 5.60 Å². The van der Waals surface area contributed by atoms with Gasteiger partial charge in [0.25, 0.3) is 0 Å². The second-order valence-corrected chi connectivity index (χ2v) is 6.69. The van der Waals surface area contributed by atoms with E-state index in [9.17, 15) is 9.90 Å². The van der Waals surface area contributed by atoms with Gasteiger partial charge in [0.05, 0.1) is 19.1 Å². The Morgan fingerprint density at radius 3 is 2.91 bits per heavy atom. The van der Waals surface area contributed by atoms with Gasteiger partial charge in [-0.25, -0.2) is 0 Å². The average molecular weight is 345 g/mol. The lowest BCUT2D eigenvalue weighted by molar-refractivity contribution is -0.117. The van der Waals surface area contributed by atoms with Crippen molar-refractivity contribution in [2.24, 2.45) is 0 Å². The summed E-state index contributed by atoms with van der Waals surface area (Å²) in [6, 6.07) is 7.34. The maximum atomic E-state index is 12.0. The van der Waals surface area contributed by atoms with E-state index in [4.69, 9.17) is 4.42 Å². The normalized spacial score (nSPS) is 14.0. The zero-order chi connectivity index (χ0) is 16.1. The number of rotatable bonds is 6. The van der Waals surface area contributed by atoms with Crippen LogP contribution in [0.3, 0.4) is 0 Å². The lowest BCUT2D eigenvalue weighted by Gasteiger charge is -2.26. The van der Waals surface area contributed by atoms with Gasteiger partial charge in [0.15, 0.2) is 0 Å². The summed E-state index contributed by atoms with van der Waals surface area (Å²) in [5.41, 5.74) is 0.295. The third kappa shape index (κ3) is 3.61. The lowest BCUT2D eigenvalue weighted by atomic mass is 9.94. The topological polar surface area (TPSA) is 62.5 Å². The van der Waals surface area contributed by atoms with Crippen molar-refractivity contribution in [2.75, 3.05) is 6.54 Å². The van der Waals surface area contributed by atoms with E-state index < -0.39 is 5.60 Å². The van der Waals surface area contributed by atoms with Crippen LogP contribution in [0.2, 0.25) is 0 Å². The van der Waals surface area contributed by atoms with Gasteiger partial charge in [-0.2, -0.15) is 11.3 Å². The van der Waals surface area contributed by atoms with Crippen LogP contribution in [-0.2, 0) is 10.4 Å². The zero-order valence-corrected chi connectivity index (χ0v) is 13.8. The molecule has 3 aromatic rings. The minimum atomic E-state index is -1.30. The average Bonchev–Trinajstić information content (AvgIpc) is 3.33. The van der Waals surface area contributed by atoms with E-state index >= 15 is 0 Å². The minimum absolute atomic E-state index is 0.0693. The Morgan fingerprint density at radius 1 is 1.35 bits per heavy atom. The van der Waals surface area contributed by atoms with Crippen LogP contribution in [0.15, 0.2) is 63.4 Å². The standard InChI is InChI=1S/C17H15NO3S2/c19-16(4-3-13-6-9-22-11-13)18-12-17(20,14-5-7-21-10-14)15-2-1-8-23-15/h1-11,20H,12H2,(H,18,19)/b4-3+/t17-/m0/s1. The molecule has 0 saturated heterocycles. The highest BCUT2D eigenvalue weighted by atomic mass is 32.1. The van der Waals surface area contributed by atoms with Gasteiger partial charge in [0, 0.05) is 16.5 Å². The molecule has 0 aliphatic rings. The summed E-state index contributed by atoms with van der Waals surface area (Å²) in [4.78, 5) is 12.7. The monoisotopic (exact) mass is 345 g/mol. The lowest BCUT2D eigenvalue weighted by Crippen LogP contribution is -2.40. The summed E-state index contributed by atoms with van der Waals surface area (Å²) in [7, 11) is 0. The number of hydrogen-bond donors (Lipinski definition) is 2. The number of hydrogen-bond acceptors (Lipinski definition) is 5. The Bertz CT molecular complexity index is 725. The van der Waals surface area contributed by atoms with Crippen molar-refractivity contribution in [3.05, 3.63) is 75.0 Å². The molecular weight excluding hydrogens is 330 g/mol. The van der Waals surface area contributed by atoms with Crippen molar-refractivity contribution in [3.8, 4) is 0 Å². The van der Waals surface area contributed by atoms with Crippen molar-refractivity contribution in [2.45, 2.75) is 5.60 Å². The fraction of sp³-hybridized carbons (Fsp3) is 0.118. The number of nitrogens with one attached hydrogen (secondary N) is 1. The number of carbonyl (C=O) groups excluding carboxylic acids is 1. The molecular formula is C17H15NO3S2. The van der Waals surface area contributed by atoms with E-state index in [1.54, 1.807) is 23.5 Å². The molecule has 6 heteroatoms. The fourth-order valence-corrected chi connectivity index (χ4v) is 3.64. The van der Waals surface area contributed by atoms with Gasteiger partial charge in [-0.3, -0.25) is 4.79 Å². The van der Waals surface area contributed by atoms with Crippen LogP contribution >= 0.6 is 22.7 Å². The maximum Gasteiger partial charge on any atom is 0.244 e. The molecule has 0 bridgehead atoms. The van der Waals surface area contributed by atoms with Crippen LogP contribution in [0.1, 0.15) is 16.0 Å². The molecule has 3 heterocycles. The molecule has 3 rings (SSSR count). The number of carbonyl (C=O) groups is 1. The molecule has 0 fully saturated rings. The van der Waals surface area contributed by atoms with Gasteiger partial charge in [-0.1, -0.05) is 6.07 Å². The van der Waals surface area contributed by atoms with E-state index in [1.165, 1.54) is 29.9 Å². The van der Waals surface area contributed by atoms with Crippen molar-refractivity contribution < 1.29 is 14.3 Å². The summed E-state index contributed by atoms with van der Waals surface area (Å²) >= 11 is 3.00. The maximum absolute atomic E-state index is 12.0. The number of aliphatic hydroxyl groups is 1. The van der Waals surface area contributed by atoms with Gasteiger partial charge in [-0.05, 0) is 46.0 Å². The molecule has 0 aliphatic carbocycles. The Hall–Kier alpha value is -2.15. The molecule has 0 spiro atoms. The van der Waals surface area contributed by atoms with E-state index in [0.717, 1.165) is 10.4 Å². The van der Waals surface area contributed by atoms with E-state index in [-0.39, 0.29) is 12.5 Å². The number of amides is 1. The van der Waals surface area contributed by atoms with Crippen molar-refractivity contribution in [3.63, 3.8) is 0 Å². The second-order valence-electron chi connectivity index (χ2n) is 4.96. The highest BCUT2D eigenvalue weighted by Crippen LogP contribution is 2.32. The molecule has 1 amide bonds. The molecule has 3 aromatic heterocycles. The first-order valence-corrected chi connectivity index (χ1v) is 8.78. The minimum Gasteiger partial charge on any atom is -0.472 e. The summed E-state index contributed by atoms with van der Waals surface area (Å²) in [5.74, 6) is -0.255. The SMILES string of the molecule is O=C(/C=C/c1ccsc1)NC[C@](O)(c1ccoc1)c1cccs1. The molecule has 0 aliphatic heterocycles. The molecule has 0 aromatic carbocycles. The molecule has 118 valence electrons. The smallest absolute Gasteiger partial charge is 0.244 e. The van der Waals surface area contributed by atoms with E-state index in [0.29, 0.717) is 5.56 Å². The van der Waals surface area contributed by atoms with E-state index in [1.807, 2.05) is 34.3 Å². The van der Waals surface area contributed by atoms with Crippen LogP contribution in [-0.4, -0.2) is 17.6 Å². The van der Waals surface area contributed by atoms with Crippen LogP contribution in [0.5, 0.6) is 0 Å². The Kier molecular flexibility index (Phi) is 4.76. The Balaban J connectivity index is 1.71. The predicted octanol–water partition coefficient (Wildman–Crippen LogP) is 3.47. The summed E-state index contributed by atoms with van der Waals surface area (Å²) in [5, 5.41) is 19.6. The number of furan rings is 1. The Morgan fingerprint density at radius 2 is 2.26 bits per heavy atom. The molecule has 2 N–H and O–H groups in total. The highest BCUT2D eigenvalue weighted by Gasteiger charge is 2.34. The molecule has 23 heavy (non-hydrogen) atoms. The van der Waals surface area contributed by atoms with Crippen LogP contribution < -0.4 is 5.32 Å². The van der Waals surface area contributed by atoms with Gasteiger partial charge < -0.3 is 14.8 Å². The number of thiophene rings is 2. The van der Waals surface area contributed by atoms with Crippen LogP contribution in [0.4, 0.5) is 0 Å².